The molecule has 3 aromatic heterocycles. The van der Waals surface area contributed by atoms with Crippen molar-refractivity contribution in [2.24, 2.45) is 0 Å². The molecule has 0 amide bonds. The summed E-state index contributed by atoms with van der Waals surface area (Å²) in [7, 11) is 1.78. The second-order valence-electron chi connectivity index (χ2n) is 4.00. The lowest BCUT2D eigenvalue weighted by Crippen LogP contribution is -2.05. The zero-order valence-corrected chi connectivity index (χ0v) is 11.4. The minimum atomic E-state index is 0.551. The lowest BCUT2D eigenvalue weighted by atomic mass is 10.4. The monoisotopic (exact) mass is 275 g/mol. The van der Waals surface area contributed by atoms with Crippen molar-refractivity contribution in [3.63, 3.8) is 0 Å². The number of hydrogen-bond donors (Lipinski definition) is 3. The summed E-state index contributed by atoms with van der Waals surface area (Å²) in [4.78, 5) is 14.2. The number of aromatic nitrogens is 5. The molecule has 3 rings (SSSR count). The molecule has 3 aromatic rings. The van der Waals surface area contributed by atoms with Gasteiger partial charge in [-0.3, -0.25) is 5.10 Å². The molecule has 0 aromatic carbocycles. The van der Waals surface area contributed by atoms with Crippen LogP contribution in [0.3, 0.4) is 0 Å². The normalized spacial score (nSPS) is 10.8. The second-order valence-corrected chi connectivity index (χ2v) is 5.32. The molecular formula is C11H13N7S. The van der Waals surface area contributed by atoms with E-state index in [0.717, 1.165) is 16.2 Å². The summed E-state index contributed by atoms with van der Waals surface area (Å²) in [6, 6.07) is 0. The summed E-state index contributed by atoms with van der Waals surface area (Å²) in [5.74, 6) is 1.30. The van der Waals surface area contributed by atoms with Gasteiger partial charge in [-0.05, 0) is 6.92 Å². The first kappa shape index (κ1) is 11.8. The number of aromatic amines is 1. The predicted molar refractivity (Wildman–Crippen MR) is 75.4 cm³/mol. The van der Waals surface area contributed by atoms with E-state index >= 15 is 0 Å². The van der Waals surface area contributed by atoms with Gasteiger partial charge in [0.1, 0.15) is 10.8 Å². The highest BCUT2D eigenvalue weighted by atomic mass is 32.1. The number of hydrogen-bond acceptors (Lipinski definition) is 7. The topological polar surface area (TPSA) is 91.4 Å². The first-order valence-corrected chi connectivity index (χ1v) is 6.62. The van der Waals surface area contributed by atoms with Crippen molar-refractivity contribution in [2.75, 3.05) is 17.7 Å². The minimum absolute atomic E-state index is 0.551. The van der Waals surface area contributed by atoms with Gasteiger partial charge in [0, 0.05) is 18.1 Å². The minimum Gasteiger partial charge on any atom is -0.363 e. The van der Waals surface area contributed by atoms with Crippen LogP contribution in [-0.4, -0.2) is 32.2 Å². The maximum Gasteiger partial charge on any atom is 0.226 e. The Morgan fingerprint density at radius 1 is 1.32 bits per heavy atom. The van der Waals surface area contributed by atoms with Gasteiger partial charge in [-0.1, -0.05) is 0 Å². The van der Waals surface area contributed by atoms with Gasteiger partial charge in [-0.25, -0.2) is 4.98 Å². The predicted octanol–water partition coefficient (Wildman–Crippen LogP) is 1.77. The van der Waals surface area contributed by atoms with E-state index in [0.29, 0.717) is 18.1 Å². The van der Waals surface area contributed by atoms with Crippen LogP contribution < -0.4 is 10.6 Å². The quantitative estimate of drug-likeness (QED) is 0.672. The zero-order chi connectivity index (χ0) is 13.2. The summed E-state index contributed by atoms with van der Waals surface area (Å²) in [5.41, 5.74) is 0.706. The third-order valence-electron chi connectivity index (χ3n) is 2.61. The fourth-order valence-corrected chi connectivity index (χ4v) is 2.45. The van der Waals surface area contributed by atoms with Crippen LogP contribution >= 0.6 is 11.3 Å². The van der Waals surface area contributed by atoms with Crippen molar-refractivity contribution in [3.05, 3.63) is 22.3 Å². The van der Waals surface area contributed by atoms with E-state index in [2.05, 4.69) is 35.8 Å². The number of thiazole rings is 1. The molecular weight excluding hydrogens is 262 g/mol. The highest BCUT2D eigenvalue weighted by Gasteiger charge is 2.09. The van der Waals surface area contributed by atoms with Gasteiger partial charge < -0.3 is 10.6 Å². The summed E-state index contributed by atoms with van der Waals surface area (Å²) < 4.78 is 0. The smallest absolute Gasteiger partial charge is 0.226 e. The van der Waals surface area contributed by atoms with Crippen molar-refractivity contribution in [3.8, 4) is 0 Å². The summed E-state index contributed by atoms with van der Waals surface area (Å²) in [6.07, 6.45) is 3.58. The first-order valence-electron chi connectivity index (χ1n) is 5.80. The maximum atomic E-state index is 4.40. The van der Waals surface area contributed by atoms with Crippen LogP contribution in [0, 0.1) is 6.92 Å². The molecule has 0 bridgehead atoms. The van der Waals surface area contributed by atoms with E-state index < -0.39 is 0 Å². The van der Waals surface area contributed by atoms with Gasteiger partial charge in [-0.2, -0.15) is 15.1 Å². The fraction of sp³-hybridized carbons (Fsp3) is 0.273. The molecule has 0 aliphatic rings. The van der Waals surface area contributed by atoms with Gasteiger partial charge in [-0.15, -0.1) is 11.3 Å². The first-order chi connectivity index (χ1) is 9.26. The van der Waals surface area contributed by atoms with Crippen LogP contribution in [0.1, 0.15) is 9.88 Å². The molecule has 3 heterocycles. The molecule has 0 fully saturated rings. The number of aryl methyl sites for hydroxylation is 1. The molecule has 0 saturated carbocycles. The summed E-state index contributed by atoms with van der Waals surface area (Å²) >= 11 is 1.67. The molecule has 7 nitrogen and oxygen atoms in total. The van der Waals surface area contributed by atoms with Crippen LogP contribution in [0.5, 0.6) is 0 Å². The van der Waals surface area contributed by atoms with Crippen molar-refractivity contribution in [1.82, 2.24) is 25.1 Å². The van der Waals surface area contributed by atoms with Crippen molar-refractivity contribution < 1.29 is 0 Å². The molecule has 0 radical (unpaired) electrons. The van der Waals surface area contributed by atoms with Crippen molar-refractivity contribution >= 4 is 34.1 Å². The maximum absolute atomic E-state index is 4.40. The van der Waals surface area contributed by atoms with Gasteiger partial charge >= 0.3 is 0 Å². The SMILES string of the molecule is CNc1nc(NCc2ncc(C)s2)c2cn[nH]c2n1. The lowest BCUT2D eigenvalue weighted by Gasteiger charge is -2.06. The van der Waals surface area contributed by atoms with Gasteiger partial charge in [0.25, 0.3) is 0 Å². The average molecular weight is 275 g/mol. The average Bonchev–Trinajstić information content (AvgIpc) is 3.04. The lowest BCUT2D eigenvalue weighted by molar-refractivity contribution is 1.06. The molecule has 0 atom stereocenters. The third-order valence-corrected chi connectivity index (χ3v) is 3.52. The van der Waals surface area contributed by atoms with Gasteiger partial charge in [0.05, 0.1) is 18.1 Å². The van der Waals surface area contributed by atoms with Crippen molar-refractivity contribution in [1.29, 1.82) is 0 Å². The molecule has 19 heavy (non-hydrogen) atoms. The van der Waals surface area contributed by atoms with E-state index in [9.17, 15) is 0 Å². The molecule has 0 aliphatic heterocycles. The number of anilines is 2. The Balaban J connectivity index is 1.88. The molecule has 0 aliphatic carbocycles. The molecule has 0 unspecified atom stereocenters. The fourth-order valence-electron chi connectivity index (χ4n) is 1.72. The van der Waals surface area contributed by atoms with Crippen LogP contribution in [0.4, 0.5) is 11.8 Å². The highest BCUT2D eigenvalue weighted by molar-refractivity contribution is 7.11. The molecule has 8 heteroatoms. The Kier molecular flexibility index (Phi) is 3.00. The standard InChI is InChI=1S/C11H13N7S/c1-6-3-13-8(19-6)5-14-9-7-4-15-18-10(7)17-11(12-2)16-9/h3-4H,5H2,1-2H3,(H3,12,14,15,16,17,18). The van der Waals surface area contributed by atoms with Crippen molar-refractivity contribution in [2.45, 2.75) is 13.5 Å². The summed E-state index contributed by atoms with van der Waals surface area (Å²) in [5, 5.41) is 14.9. The Morgan fingerprint density at radius 2 is 2.21 bits per heavy atom. The van der Waals surface area contributed by atoms with E-state index in [1.807, 2.05) is 13.1 Å². The molecule has 3 N–H and O–H groups in total. The van der Waals surface area contributed by atoms with E-state index in [-0.39, 0.29) is 0 Å². The summed E-state index contributed by atoms with van der Waals surface area (Å²) in [6.45, 7) is 2.68. The Bertz CT molecular complexity index is 702. The Hall–Kier alpha value is -2.22. The second kappa shape index (κ2) is 4.81. The van der Waals surface area contributed by atoms with Gasteiger partial charge in [0.15, 0.2) is 5.65 Å². The third kappa shape index (κ3) is 2.34. The largest absolute Gasteiger partial charge is 0.363 e. The van der Waals surface area contributed by atoms with Crippen LogP contribution in [0.15, 0.2) is 12.4 Å². The Morgan fingerprint density at radius 3 is 2.95 bits per heavy atom. The van der Waals surface area contributed by atoms with Crippen LogP contribution in [0.25, 0.3) is 11.0 Å². The Labute approximate surface area is 113 Å². The number of rotatable bonds is 4. The number of H-pyrrole nitrogens is 1. The molecule has 0 spiro atoms. The zero-order valence-electron chi connectivity index (χ0n) is 10.6. The number of nitrogens with zero attached hydrogens (tertiary/aromatic N) is 4. The van der Waals surface area contributed by atoms with Gasteiger partial charge in [0.2, 0.25) is 5.95 Å². The van der Waals surface area contributed by atoms with E-state index in [1.54, 1.807) is 24.6 Å². The highest BCUT2D eigenvalue weighted by Crippen LogP contribution is 2.21. The molecule has 0 saturated heterocycles. The van der Waals surface area contributed by atoms with Crippen LogP contribution in [-0.2, 0) is 6.54 Å². The number of fused-ring (bicyclic) bond motifs is 1. The van der Waals surface area contributed by atoms with E-state index in [1.165, 1.54) is 4.88 Å². The number of nitrogens with one attached hydrogen (secondary N) is 3. The van der Waals surface area contributed by atoms with Crippen LogP contribution in [0.2, 0.25) is 0 Å². The van der Waals surface area contributed by atoms with E-state index in [4.69, 9.17) is 0 Å². The molecule has 98 valence electrons.